The molecule has 0 aliphatic heterocycles. The Hall–Kier alpha value is 0.140. The van der Waals surface area contributed by atoms with Crippen LogP contribution >= 0.6 is 27.3 Å². The van der Waals surface area contributed by atoms with Crippen LogP contribution in [0.25, 0.3) is 0 Å². The first-order valence-electron chi connectivity index (χ1n) is 6.55. The normalized spacial score (nSPS) is 27.1. The zero-order chi connectivity index (χ0) is 12.4. The number of halogens is 1. The number of rotatable bonds is 3. The van der Waals surface area contributed by atoms with Crippen LogP contribution in [0.15, 0.2) is 10.5 Å². The summed E-state index contributed by atoms with van der Waals surface area (Å²) in [5, 5.41) is 3.53. The van der Waals surface area contributed by atoms with E-state index in [1.54, 1.807) is 0 Å². The van der Waals surface area contributed by atoms with Crippen molar-refractivity contribution in [3.63, 3.8) is 0 Å². The van der Waals surface area contributed by atoms with Gasteiger partial charge in [-0.05, 0) is 60.6 Å². The lowest BCUT2D eigenvalue weighted by Crippen LogP contribution is -2.27. The lowest BCUT2D eigenvalue weighted by atomic mass is 9.79. The van der Waals surface area contributed by atoms with Gasteiger partial charge in [0.15, 0.2) is 0 Å². The van der Waals surface area contributed by atoms with Crippen LogP contribution in [0.1, 0.15) is 48.4 Å². The maximum Gasteiger partial charge on any atom is 0.0441 e. The van der Waals surface area contributed by atoms with Crippen molar-refractivity contribution in [2.24, 2.45) is 11.8 Å². The average Bonchev–Trinajstić information content (AvgIpc) is 2.63. The third-order valence-corrected chi connectivity index (χ3v) is 6.25. The summed E-state index contributed by atoms with van der Waals surface area (Å²) < 4.78 is 1.27. The Morgan fingerprint density at radius 3 is 2.47 bits per heavy atom. The summed E-state index contributed by atoms with van der Waals surface area (Å²) in [6.07, 6.45) is 5.55. The first kappa shape index (κ1) is 13.6. The highest BCUT2D eigenvalue weighted by molar-refractivity contribution is 9.10. The minimum atomic E-state index is 0.553. The highest BCUT2D eigenvalue weighted by Crippen LogP contribution is 2.40. The van der Waals surface area contributed by atoms with Crippen LogP contribution < -0.4 is 5.32 Å². The molecular formula is C14H22BrNS. The first-order chi connectivity index (χ1) is 8.11. The van der Waals surface area contributed by atoms with Crippen molar-refractivity contribution in [2.45, 2.75) is 45.6 Å². The van der Waals surface area contributed by atoms with Crippen molar-refractivity contribution in [3.8, 4) is 0 Å². The molecule has 0 bridgehead atoms. The van der Waals surface area contributed by atoms with Gasteiger partial charge in [0.25, 0.3) is 0 Å². The second kappa shape index (κ2) is 5.85. The smallest absolute Gasteiger partial charge is 0.0441 e. The van der Waals surface area contributed by atoms with Gasteiger partial charge in [-0.3, -0.25) is 0 Å². The van der Waals surface area contributed by atoms with Crippen molar-refractivity contribution in [1.82, 2.24) is 5.32 Å². The molecule has 0 radical (unpaired) electrons. The molecule has 3 heteroatoms. The van der Waals surface area contributed by atoms with Crippen molar-refractivity contribution in [3.05, 3.63) is 20.3 Å². The molecule has 1 heterocycles. The topological polar surface area (TPSA) is 12.0 Å². The maximum atomic E-state index is 3.63. The summed E-state index contributed by atoms with van der Waals surface area (Å²) in [6, 6.07) is 2.86. The van der Waals surface area contributed by atoms with Gasteiger partial charge in [-0.15, -0.1) is 11.3 Å². The molecule has 0 spiro atoms. The summed E-state index contributed by atoms with van der Waals surface area (Å²) in [6.45, 7) is 4.57. The molecule has 1 N–H and O–H groups in total. The molecule has 1 aromatic rings. The molecule has 17 heavy (non-hydrogen) atoms. The Morgan fingerprint density at radius 1 is 1.35 bits per heavy atom. The van der Waals surface area contributed by atoms with Gasteiger partial charge in [-0.1, -0.05) is 19.8 Å². The SMILES string of the molecule is CNC(c1cc(Br)c(C)s1)C1CCC(C)CC1. The van der Waals surface area contributed by atoms with E-state index in [-0.39, 0.29) is 0 Å². The summed E-state index contributed by atoms with van der Waals surface area (Å²) in [5.41, 5.74) is 0. The van der Waals surface area contributed by atoms with Gasteiger partial charge in [0, 0.05) is 20.3 Å². The van der Waals surface area contributed by atoms with E-state index >= 15 is 0 Å². The lowest BCUT2D eigenvalue weighted by Gasteiger charge is -2.32. The molecule has 96 valence electrons. The Bertz CT molecular complexity index is 347. The van der Waals surface area contributed by atoms with Crippen LogP contribution in [0.5, 0.6) is 0 Å². The van der Waals surface area contributed by atoms with E-state index in [2.05, 4.69) is 48.2 Å². The molecule has 0 aromatic carbocycles. The number of hydrogen-bond acceptors (Lipinski definition) is 2. The number of nitrogens with one attached hydrogen (secondary N) is 1. The minimum absolute atomic E-state index is 0.553. The van der Waals surface area contributed by atoms with Crippen LogP contribution in [-0.4, -0.2) is 7.05 Å². The molecule has 1 nitrogen and oxygen atoms in total. The molecule has 2 rings (SSSR count). The van der Waals surface area contributed by atoms with Crippen LogP contribution in [-0.2, 0) is 0 Å². The summed E-state index contributed by atoms with van der Waals surface area (Å²) in [7, 11) is 2.10. The number of aryl methyl sites for hydroxylation is 1. The molecule has 1 aromatic heterocycles. The number of hydrogen-bond donors (Lipinski definition) is 1. The van der Waals surface area contributed by atoms with E-state index in [0.29, 0.717) is 6.04 Å². The van der Waals surface area contributed by atoms with E-state index in [0.717, 1.165) is 11.8 Å². The van der Waals surface area contributed by atoms with Gasteiger partial charge in [0.2, 0.25) is 0 Å². The highest BCUT2D eigenvalue weighted by Gasteiger charge is 2.27. The second-order valence-corrected chi connectivity index (χ2v) is 7.48. The van der Waals surface area contributed by atoms with Crippen molar-refractivity contribution in [2.75, 3.05) is 7.05 Å². The molecule has 1 unspecified atom stereocenters. The average molecular weight is 316 g/mol. The van der Waals surface area contributed by atoms with Crippen LogP contribution in [0.4, 0.5) is 0 Å². The molecule has 0 amide bonds. The van der Waals surface area contributed by atoms with E-state index in [9.17, 15) is 0 Å². The van der Waals surface area contributed by atoms with Crippen molar-refractivity contribution >= 4 is 27.3 Å². The molecule has 1 fully saturated rings. The van der Waals surface area contributed by atoms with Crippen molar-refractivity contribution < 1.29 is 0 Å². The van der Waals surface area contributed by atoms with Crippen LogP contribution in [0.3, 0.4) is 0 Å². The maximum absolute atomic E-state index is 3.63. The van der Waals surface area contributed by atoms with E-state index < -0.39 is 0 Å². The van der Waals surface area contributed by atoms with E-state index in [1.807, 2.05) is 11.3 Å². The van der Waals surface area contributed by atoms with Gasteiger partial charge < -0.3 is 5.32 Å². The molecular weight excluding hydrogens is 294 g/mol. The first-order valence-corrected chi connectivity index (χ1v) is 8.16. The third-order valence-electron chi connectivity index (χ3n) is 4.03. The Kier molecular flexibility index (Phi) is 4.67. The predicted octanol–water partition coefficient (Wildman–Crippen LogP) is 4.91. The van der Waals surface area contributed by atoms with Gasteiger partial charge >= 0.3 is 0 Å². The third kappa shape index (κ3) is 3.12. The van der Waals surface area contributed by atoms with Crippen LogP contribution in [0.2, 0.25) is 0 Å². The summed E-state index contributed by atoms with van der Waals surface area (Å²) in [5.74, 6) is 1.75. The monoisotopic (exact) mass is 315 g/mol. The Balaban J connectivity index is 2.10. The number of thiophene rings is 1. The van der Waals surface area contributed by atoms with Gasteiger partial charge in [0.1, 0.15) is 0 Å². The van der Waals surface area contributed by atoms with Crippen molar-refractivity contribution in [1.29, 1.82) is 0 Å². The van der Waals surface area contributed by atoms with Gasteiger partial charge in [-0.25, -0.2) is 0 Å². The molecule has 0 saturated heterocycles. The molecule has 1 atom stereocenters. The molecule has 1 aliphatic rings. The summed E-state index contributed by atoms with van der Waals surface area (Å²) >= 11 is 5.56. The second-order valence-electron chi connectivity index (χ2n) is 5.34. The molecule has 1 saturated carbocycles. The predicted molar refractivity (Wildman–Crippen MR) is 79.7 cm³/mol. The fourth-order valence-electron chi connectivity index (χ4n) is 2.86. The largest absolute Gasteiger partial charge is 0.312 e. The van der Waals surface area contributed by atoms with E-state index in [4.69, 9.17) is 0 Å². The fraction of sp³-hybridized carbons (Fsp3) is 0.714. The fourth-order valence-corrected chi connectivity index (χ4v) is 4.63. The lowest BCUT2D eigenvalue weighted by molar-refractivity contribution is 0.240. The van der Waals surface area contributed by atoms with E-state index in [1.165, 1.54) is 39.9 Å². The van der Waals surface area contributed by atoms with Crippen LogP contribution in [0, 0.1) is 18.8 Å². The van der Waals surface area contributed by atoms with Gasteiger partial charge in [0.05, 0.1) is 0 Å². The van der Waals surface area contributed by atoms with Gasteiger partial charge in [-0.2, -0.15) is 0 Å². The quantitative estimate of drug-likeness (QED) is 0.836. The molecule has 1 aliphatic carbocycles. The standard InChI is InChI=1S/C14H22BrNS/c1-9-4-6-11(7-5-9)14(16-3)13-8-12(15)10(2)17-13/h8-9,11,14,16H,4-7H2,1-3H3. The summed E-state index contributed by atoms with van der Waals surface area (Å²) in [4.78, 5) is 2.89. The highest BCUT2D eigenvalue weighted by atomic mass is 79.9. The zero-order valence-electron chi connectivity index (χ0n) is 10.9. The zero-order valence-corrected chi connectivity index (χ0v) is 13.3. The Labute approximate surface area is 117 Å². The minimum Gasteiger partial charge on any atom is -0.312 e. The Morgan fingerprint density at radius 2 is 2.00 bits per heavy atom.